The van der Waals surface area contributed by atoms with Crippen LogP contribution < -0.4 is 11.1 Å². The largest absolute Gasteiger partial charge is 0.480 e. The van der Waals surface area contributed by atoms with Crippen molar-refractivity contribution < 1.29 is 19.5 Å². The van der Waals surface area contributed by atoms with E-state index >= 15 is 0 Å². The molecule has 8 nitrogen and oxygen atoms in total. The number of nitrogens with one attached hydrogen (secondary N) is 2. The number of H-pyrrole nitrogens is 1. The molecule has 0 radical (unpaired) electrons. The van der Waals surface area contributed by atoms with Crippen molar-refractivity contribution in [2.45, 2.75) is 12.5 Å². The summed E-state index contributed by atoms with van der Waals surface area (Å²) in [6.07, 6.45) is 1.02. The second-order valence-electron chi connectivity index (χ2n) is 4.17. The highest BCUT2D eigenvalue weighted by molar-refractivity contribution is 5.99. The summed E-state index contributed by atoms with van der Waals surface area (Å²) >= 11 is 0. The zero-order valence-corrected chi connectivity index (χ0v) is 10.3. The number of benzene rings is 1. The van der Waals surface area contributed by atoms with Crippen LogP contribution in [0.25, 0.3) is 11.0 Å². The molecule has 20 heavy (non-hydrogen) atoms. The fraction of sp³-hybridized carbons (Fsp3) is 0.167. The number of carboxylic acid groups (broad SMARTS) is 1. The van der Waals surface area contributed by atoms with Gasteiger partial charge in [0.25, 0.3) is 5.91 Å². The number of aromatic amines is 1. The number of imidazole rings is 1. The number of rotatable bonds is 5. The molecule has 8 heteroatoms. The van der Waals surface area contributed by atoms with Crippen molar-refractivity contribution in [2.75, 3.05) is 0 Å². The Labute approximate surface area is 113 Å². The maximum atomic E-state index is 11.9. The second-order valence-corrected chi connectivity index (χ2v) is 4.17. The average molecular weight is 276 g/mol. The SMILES string of the molecule is NC(=O)C[C@H](NC(=O)c1ccc2nc[nH]c2c1)C(=O)O. The van der Waals surface area contributed by atoms with Crippen LogP contribution in [0.2, 0.25) is 0 Å². The molecule has 0 saturated heterocycles. The number of nitrogens with zero attached hydrogens (tertiary/aromatic N) is 1. The van der Waals surface area contributed by atoms with E-state index < -0.39 is 30.2 Å². The number of fused-ring (bicyclic) bond motifs is 1. The first-order valence-electron chi connectivity index (χ1n) is 5.72. The molecule has 0 aliphatic carbocycles. The Kier molecular flexibility index (Phi) is 3.65. The Bertz CT molecular complexity index is 679. The lowest BCUT2D eigenvalue weighted by atomic mass is 10.1. The van der Waals surface area contributed by atoms with Gasteiger partial charge in [-0.25, -0.2) is 9.78 Å². The van der Waals surface area contributed by atoms with Gasteiger partial charge in [-0.2, -0.15) is 0 Å². The highest BCUT2D eigenvalue weighted by Crippen LogP contribution is 2.11. The third kappa shape index (κ3) is 2.91. The number of carbonyl (C=O) groups excluding carboxylic acids is 2. The van der Waals surface area contributed by atoms with Crippen molar-refractivity contribution in [3.8, 4) is 0 Å². The lowest BCUT2D eigenvalue weighted by molar-refractivity contribution is -0.140. The van der Waals surface area contributed by atoms with Crippen LogP contribution in [0.15, 0.2) is 24.5 Å². The molecular formula is C12H12N4O4. The first-order valence-corrected chi connectivity index (χ1v) is 5.72. The van der Waals surface area contributed by atoms with E-state index in [0.29, 0.717) is 11.0 Å². The average Bonchev–Trinajstić information content (AvgIpc) is 2.84. The summed E-state index contributed by atoms with van der Waals surface area (Å²) < 4.78 is 0. The van der Waals surface area contributed by atoms with Gasteiger partial charge in [0, 0.05) is 5.56 Å². The van der Waals surface area contributed by atoms with Crippen molar-refractivity contribution >= 4 is 28.8 Å². The Morgan fingerprint density at radius 1 is 1.40 bits per heavy atom. The molecular weight excluding hydrogens is 264 g/mol. The van der Waals surface area contributed by atoms with Gasteiger partial charge < -0.3 is 21.1 Å². The van der Waals surface area contributed by atoms with Crippen LogP contribution in [0.4, 0.5) is 0 Å². The third-order valence-corrected chi connectivity index (χ3v) is 2.69. The lowest BCUT2D eigenvalue weighted by Gasteiger charge is -2.12. The number of hydrogen-bond donors (Lipinski definition) is 4. The quantitative estimate of drug-likeness (QED) is 0.589. The summed E-state index contributed by atoms with van der Waals surface area (Å²) in [4.78, 5) is 40.5. The van der Waals surface area contributed by atoms with Crippen LogP contribution in [0.3, 0.4) is 0 Å². The van der Waals surface area contributed by atoms with Crippen molar-refractivity contribution in [1.82, 2.24) is 15.3 Å². The van der Waals surface area contributed by atoms with Crippen LogP contribution in [0.1, 0.15) is 16.8 Å². The molecule has 5 N–H and O–H groups in total. The number of aromatic nitrogens is 2. The number of carboxylic acids is 1. The molecule has 0 saturated carbocycles. The standard InChI is InChI=1S/C12H12N4O4/c13-10(17)4-9(12(19)20)16-11(18)6-1-2-7-8(3-6)15-5-14-7/h1-3,5,9H,4H2,(H2,13,17)(H,14,15)(H,16,18)(H,19,20)/t9-/m0/s1. The first kappa shape index (κ1) is 13.5. The number of nitrogens with two attached hydrogens (primary N) is 1. The van der Waals surface area contributed by atoms with Gasteiger partial charge in [-0.3, -0.25) is 9.59 Å². The van der Waals surface area contributed by atoms with E-state index in [1.54, 1.807) is 12.1 Å². The summed E-state index contributed by atoms with van der Waals surface area (Å²) in [5.41, 5.74) is 6.54. The summed E-state index contributed by atoms with van der Waals surface area (Å²) in [7, 11) is 0. The zero-order chi connectivity index (χ0) is 14.7. The van der Waals surface area contributed by atoms with Crippen LogP contribution >= 0.6 is 0 Å². The van der Waals surface area contributed by atoms with Gasteiger partial charge in [0.05, 0.1) is 23.8 Å². The Balaban J connectivity index is 2.17. The maximum absolute atomic E-state index is 11.9. The summed E-state index contributed by atoms with van der Waals surface area (Å²) in [5.74, 6) is -2.73. The highest BCUT2D eigenvalue weighted by Gasteiger charge is 2.22. The Morgan fingerprint density at radius 2 is 2.15 bits per heavy atom. The van der Waals surface area contributed by atoms with E-state index in [1.165, 1.54) is 12.4 Å². The van der Waals surface area contributed by atoms with E-state index in [1.807, 2.05) is 0 Å². The van der Waals surface area contributed by atoms with Crippen LogP contribution in [-0.2, 0) is 9.59 Å². The number of amides is 2. The van der Waals surface area contributed by atoms with E-state index in [4.69, 9.17) is 10.8 Å². The molecule has 1 heterocycles. The summed E-state index contributed by atoms with van der Waals surface area (Å²) in [6, 6.07) is 3.34. The van der Waals surface area contributed by atoms with Crippen LogP contribution in [0, 0.1) is 0 Å². The number of aliphatic carboxylic acids is 1. The van der Waals surface area contributed by atoms with Gasteiger partial charge >= 0.3 is 5.97 Å². The monoisotopic (exact) mass is 276 g/mol. The smallest absolute Gasteiger partial charge is 0.326 e. The molecule has 1 aromatic heterocycles. The molecule has 0 unspecified atom stereocenters. The van der Waals surface area contributed by atoms with Gasteiger partial charge in [-0.1, -0.05) is 0 Å². The first-order chi connectivity index (χ1) is 9.47. The zero-order valence-electron chi connectivity index (χ0n) is 10.3. The van der Waals surface area contributed by atoms with Crippen molar-refractivity contribution in [3.63, 3.8) is 0 Å². The van der Waals surface area contributed by atoms with E-state index in [0.717, 1.165) is 0 Å². The maximum Gasteiger partial charge on any atom is 0.326 e. The minimum Gasteiger partial charge on any atom is -0.480 e. The molecule has 0 aliphatic rings. The van der Waals surface area contributed by atoms with Crippen molar-refractivity contribution in [1.29, 1.82) is 0 Å². The molecule has 2 rings (SSSR count). The van der Waals surface area contributed by atoms with E-state index in [-0.39, 0.29) is 5.56 Å². The number of primary amides is 1. The van der Waals surface area contributed by atoms with Gasteiger partial charge in [0.1, 0.15) is 6.04 Å². The Hall–Kier alpha value is -2.90. The third-order valence-electron chi connectivity index (χ3n) is 2.69. The Morgan fingerprint density at radius 3 is 2.80 bits per heavy atom. The fourth-order valence-electron chi connectivity index (χ4n) is 1.72. The van der Waals surface area contributed by atoms with Crippen molar-refractivity contribution in [3.05, 3.63) is 30.1 Å². The molecule has 0 aliphatic heterocycles. The molecule has 0 bridgehead atoms. The van der Waals surface area contributed by atoms with Gasteiger partial charge in [0.15, 0.2) is 0 Å². The number of carbonyl (C=O) groups is 3. The van der Waals surface area contributed by atoms with Gasteiger partial charge in [-0.15, -0.1) is 0 Å². The molecule has 0 fully saturated rings. The minimum absolute atomic E-state index is 0.262. The topological polar surface area (TPSA) is 138 Å². The molecule has 1 atom stereocenters. The van der Waals surface area contributed by atoms with Crippen molar-refractivity contribution in [2.24, 2.45) is 5.73 Å². The minimum atomic E-state index is -1.35. The highest BCUT2D eigenvalue weighted by atomic mass is 16.4. The van der Waals surface area contributed by atoms with Gasteiger partial charge in [-0.05, 0) is 18.2 Å². The van der Waals surface area contributed by atoms with Crippen LogP contribution in [-0.4, -0.2) is 38.9 Å². The molecule has 0 spiro atoms. The predicted molar refractivity (Wildman–Crippen MR) is 68.8 cm³/mol. The second kappa shape index (κ2) is 5.39. The predicted octanol–water partition coefficient (Wildman–Crippen LogP) is -0.379. The van der Waals surface area contributed by atoms with Crippen LogP contribution in [0.5, 0.6) is 0 Å². The number of hydrogen-bond acceptors (Lipinski definition) is 4. The molecule has 2 aromatic rings. The molecule has 104 valence electrons. The molecule has 1 aromatic carbocycles. The summed E-state index contributed by atoms with van der Waals surface area (Å²) in [6.45, 7) is 0. The molecule has 2 amide bonds. The normalized spacial score (nSPS) is 12.0. The summed E-state index contributed by atoms with van der Waals surface area (Å²) in [5, 5.41) is 11.2. The van der Waals surface area contributed by atoms with E-state index in [2.05, 4.69) is 15.3 Å². The van der Waals surface area contributed by atoms with E-state index in [9.17, 15) is 14.4 Å². The lowest BCUT2D eigenvalue weighted by Crippen LogP contribution is -2.43. The fourth-order valence-corrected chi connectivity index (χ4v) is 1.72. The van der Waals surface area contributed by atoms with Gasteiger partial charge in [0.2, 0.25) is 5.91 Å².